The fourth-order valence-corrected chi connectivity index (χ4v) is 1.62. The summed E-state index contributed by atoms with van der Waals surface area (Å²) in [5, 5.41) is 3.22. The van der Waals surface area contributed by atoms with Gasteiger partial charge in [-0.3, -0.25) is 4.79 Å². The van der Waals surface area contributed by atoms with Gasteiger partial charge in [0, 0.05) is 6.04 Å². The fourth-order valence-electron chi connectivity index (χ4n) is 1.62. The summed E-state index contributed by atoms with van der Waals surface area (Å²) in [6.07, 6.45) is 3.66. The van der Waals surface area contributed by atoms with Crippen LogP contribution in [0.1, 0.15) is 19.3 Å². The average molecular weight is 155 g/mol. The lowest BCUT2D eigenvalue weighted by Gasteiger charge is -2.35. The second-order valence-electron chi connectivity index (χ2n) is 3.42. The Bertz CT molecular complexity index is 171. The maximum atomic E-state index is 10.9. The Kier molecular flexibility index (Phi) is 1.60. The number of ether oxygens (including phenoxy) is 1. The van der Waals surface area contributed by atoms with Crippen molar-refractivity contribution in [2.24, 2.45) is 5.92 Å². The first-order valence-electron chi connectivity index (χ1n) is 4.15. The molecule has 0 aromatic rings. The summed E-state index contributed by atoms with van der Waals surface area (Å²) in [6.45, 7) is 0. The molecule has 3 nitrogen and oxygen atoms in total. The number of methoxy groups -OCH3 is 1. The maximum absolute atomic E-state index is 10.9. The first-order chi connectivity index (χ1) is 5.31. The minimum atomic E-state index is -0.109. The summed E-state index contributed by atoms with van der Waals surface area (Å²) in [6, 6.07) is 0.602. The molecule has 2 fully saturated rings. The quantitative estimate of drug-likeness (QED) is 0.583. The minimum absolute atomic E-state index is 0.00870. The van der Waals surface area contributed by atoms with E-state index in [1.165, 1.54) is 20.0 Å². The van der Waals surface area contributed by atoms with Gasteiger partial charge < -0.3 is 10.1 Å². The lowest BCUT2D eigenvalue weighted by molar-refractivity contribution is -0.146. The molecule has 2 atom stereocenters. The molecule has 0 aromatic carbocycles. The number of hydrogen-bond acceptors (Lipinski definition) is 3. The van der Waals surface area contributed by atoms with E-state index in [1.54, 1.807) is 0 Å². The number of hydrogen-bond donors (Lipinski definition) is 1. The molecule has 2 aliphatic rings. The summed E-state index contributed by atoms with van der Waals surface area (Å²) in [5.74, 6) is 0.748. The van der Waals surface area contributed by atoms with Crippen molar-refractivity contribution >= 4 is 5.97 Å². The van der Waals surface area contributed by atoms with E-state index in [2.05, 4.69) is 10.1 Å². The van der Waals surface area contributed by atoms with E-state index in [0.29, 0.717) is 6.04 Å². The summed E-state index contributed by atoms with van der Waals surface area (Å²) in [7, 11) is 1.44. The fraction of sp³-hybridized carbons (Fsp3) is 0.875. The van der Waals surface area contributed by atoms with Crippen LogP contribution in [0.15, 0.2) is 0 Å². The molecule has 1 aliphatic carbocycles. The van der Waals surface area contributed by atoms with Crippen molar-refractivity contribution in [2.45, 2.75) is 31.3 Å². The topological polar surface area (TPSA) is 38.3 Å². The van der Waals surface area contributed by atoms with Crippen LogP contribution in [0.25, 0.3) is 0 Å². The van der Waals surface area contributed by atoms with Gasteiger partial charge >= 0.3 is 5.97 Å². The number of rotatable bonds is 2. The van der Waals surface area contributed by atoms with Gasteiger partial charge in [0.1, 0.15) is 6.04 Å². The van der Waals surface area contributed by atoms with Gasteiger partial charge in [-0.15, -0.1) is 0 Å². The third-order valence-electron chi connectivity index (χ3n) is 2.58. The average Bonchev–Trinajstić information content (AvgIpc) is 2.67. The number of carbonyl (C=O) groups is 1. The summed E-state index contributed by atoms with van der Waals surface area (Å²) in [5.41, 5.74) is 0. The van der Waals surface area contributed by atoms with Gasteiger partial charge in [0.05, 0.1) is 7.11 Å². The van der Waals surface area contributed by atoms with E-state index in [-0.39, 0.29) is 12.0 Å². The van der Waals surface area contributed by atoms with E-state index in [1.807, 2.05) is 0 Å². The van der Waals surface area contributed by atoms with Crippen LogP contribution in [0.4, 0.5) is 0 Å². The first kappa shape index (κ1) is 7.10. The van der Waals surface area contributed by atoms with Gasteiger partial charge in [-0.1, -0.05) is 0 Å². The smallest absolute Gasteiger partial charge is 0.322 e. The van der Waals surface area contributed by atoms with Gasteiger partial charge in [-0.25, -0.2) is 0 Å². The van der Waals surface area contributed by atoms with Crippen molar-refractivity contribution in [3.63, 3.8) is 0 Å². The number of esters is 1. The minimum Gasteiger partial charge on any atom is -0.468 e. The molecule has 1 saturated heterocycles. The monoisotopic (exact) mass is 155 g/mol. The Labute approximate surface area is 66.1 Å². The van der Waals surface area contributed by atoms with Crippen molar-refractivity contribution in [1.82, 2.24) is 5.32 Å². The molecule has 1 heterocycles. The van der Waals surface area contributed by atoms with Crippen LogP contribution < -0.4 is 5.32 Å². The predicted molar refractivity (Wildman–Crippen MR) is 40.1 cm³/mol. The lowest BCUT2D eigenvalue weighted by atomic mass is 9.93. The summed E-state index contributed by atoms with van der Waals surface area (Å²) < 4.78 is 4.60. The second kappa shape index (κ2) is 2.48. The van der Waals surface area contributed by atoms with Crippen LogP contribution in [0.2, 0.25) is 0 Å². The zero-order valence-corrected chi connectivity index (χ0v) is 6.67. The van der Waals surface area contributed by atoms with E-state index < -0.39 is 0 Å². The third kappa shape index (κ3) is 1.25. The Morgan fingerprint density at radius 3 is 2.64 bits per heavy atom. The van der Waals surface area contributed by atoms with Gasteiger partial charge in [0.2, 0.25) is 0 Å². The zero-order chi connectivity index (χ0) is 7.84. The highest BCUT2D eigenvalue weighted by Crippen LogP contribution is 2.38. The van der Waals surface area contributed by atoms with Gasteiger partial charge in [-0.05, 0) is 25.2 Å². The molecule has 3 heteroatoms. The highest BCUT2D eigenvalue weighted by Gasteiger charge is 2.42. The molecular weight excluding hydrogens is 142 g/mol. The molecule has 62 valence electrons. The number of carbonyl (C=O) groups excluding carboxylic acids is 1. The molecule has 1 N–H and O–H groups in total. The van der Waals surface area contributed by atoms with E-state index in [9.17, 15) is 4.79 Å². The molecule has 0 aromatic heterocycles. The van der Waals surface area contributed by atoms with Gasteiger partial charge in [0.15, 0.2) is 0 Å². The van der Waals surface area contributed by atoms with Crippen molar-refractivity contribution < 1.29 is 9.53 Å². The van der Waals surface area contributed by atoms with E-state index >= 15 is 0 Å². The molecule has 0 amide bonds. The molecular formula is C8H13NO2. The van der Waals surface area contributed by atoms with Crippen molar-refractivity contribution in [3.8, 4) is 0 Å². The van der Waals surface area contributed by atoms with Crippen LogP contribution >= 0.6 is 0 Å². The van der Waals surface area contributed by atoms with Crippen LogP contribution in [-0.2, 0) is 9.53 Å². The Hall–Kier alpha value is -0.570. The van der Waals surface area contributed by atoms with Crippen LogP contribution in [0.5, 0.6) is 0 Å². The highest BCUT2D eigenvalue weighted by atomic mass is 16.5. The van der Waals surface area contributed by atoms with Crippen LogP contribution in [0.3, 0.4) is 0 Å². The molecule has 0 spiro atoms. The maximum Gasteiger partial charge on any atom is 0.322 e. The van der Waals surface area contributed by atoms with E-state index in [0.717, 1.165) is 12.3 Å². The van der Waals surface area contributed by atoms with Crippen LogP contribution in [0, 0.1) is 5.92 Å². The molecule has 2 unspecified atom stereocenters. The summed E-state index contributed by atoms with van der Waals surface area (Å²) >= 11 is 0. The Balaban J connectivity index is 1.74. The standard InChI is InChI=1S/C8H13NO2/c1-11-8(10)7-4-6(9-7)5-2-3-5/h5-7,9H,2-4H2,1H3. The molecule has 1 aliphatic heterocycles. The molecule has 0 radical (unpaired) electrons. The first-order valence-corrected chi connectivity index (χ1v) is 4.15. The largest absolute Gasteiger partial charge is 0.468 e. The Morgan fingerprint density at radius 1 is 1.55 bits per heavy atom. The third-order valence-corrected chi connectivity index (χ3v) is 2.58. The Morgan fingerprint density at radius 2 is 2.18 bits per heavy atom. The second-order valence-corrected chi connectivity index (χ2v) is 3.42. The van der Waals surface area contributed by atoms with Crippen molar-refractivity contribution in [3.05, 3.63) is 0 Å². The van der Waals surface area contributed by atoms with Crippen LogP contribution in [-0.4, -0.2) is 25.2 Å². The predicted octanol–water partition coefficient (Wildman–Crippen LogP) is 0.300. The molecule has 0 bridgehead atoms. The number of nitrogens with one attached hydrogen (secondary N) is 1. The van der Waals surface area contributed by atoms with Crippen molar-refractivity contribution in [1.29, 1.82) is 0 Å². The molecule has 2 rings (SSSR count). The van der Waals surface area contributed by atoms with Gasteiger partial charge in [-0.2, -0.15) is 0 Å². The zero-order valence-electron chi connectivity index (χ0n) is 6.67. The lowest BCUT2D eigenvalue weighted by Crippen LogP contribution is -2.57. The molecule has 1 saturated carbocycles. The SMILES string of the molecule is COC(=O)C1CC(C2CC2)N1. The normalized spacial score (nSPS) is 36.1. The van der Waals surface area contributed by atoms with Crippen molar-refractivity contribution in [2.75, 3.05) is 7.11 Å². The molecule has 11 heavy (non-hydrogen) atoms. The van der Waals surface area contributed by atoms with E-state index in [4.69, 9.17) is 0 Å². The highest BCUT2D eigenvalue weighted by molar-refractivity contribution is 5.76. The summed E-state index contributed by atoms with van der Waals surface area (Å²) in [4.78, 5) is 10.9. The van der Waals surface area contributed by atoms with Gasteiger partial charge in [0.25, 0.3) is 0 Å².